The van der Waals surface area contributed by atoms with Crippen molar-refractivity contribution in [3.05, 3.63) is 197 Å². The van der Waals surface area contributed by atoms with E-state index in [2.05, 4.69) is 294 Å². The van der Waals surface area contributed by atoms with E-state index >= 15 is 0 Å². The summed E-state index contributed by atoms with van der Waals surface area (Å²) >= 11 is 0. The van der Waals surface area contributed by atoms with Crippen LogP contribution in [0.3, 0.4) is 0 Å². The molecule has 0 N–H and O–H groups in total. The van der Waals surface area contributed by atoms with Crippen molar-refractivity contribution in [3.8, 4) is 11.1 Å². The van der Waals surface area contributed by atoms with Crippen LogP contribution in [0.25, 0.3) is 11.1 Å². The van der Waals surface area contributed by atoms with Gasteiger partial charge in [-0.15, -0.1) is 0 Å². The van der Waals surface area contributed by atoms with Gasteiger partial charge < -0.3 is 19.6 Å². The average Bonchev–Trinajstić information content (AvgIpc) is 1.76. The monoisotopic (exact) mass is 1120 g/mol. The summed E-state index contributed by atoms with van der Waals surface area (Å²) in [6, 6.07) is 65.7. The summed E-state index contributed by atoms with van der Waals surface area (Å²) in [6.07, 6.45) is 9.51. The van der Waals surface area contributed by atoms with Gasteiger partial charge in [-0.25, -0.2) is 0 Å². The van der Waals surface area contributed by atoms with Gasteiger partial charge in [0.2, 0.25) is 0 Å². The smallest absolute Gasteiger partial charge is 0.252 e. The van der Waals surface area contributed by atoms with Gasteiger partial charge in [-0.1, -0.05) is 214 Å². The second kappa shape index (κ2) is 18.8. The second-order valence-corrected chi connectivity index (χ2v) is 31.7. The number of anilines is 10. The van der Waals surface area contributed by atoms with Gasteiger partial charge >= 0.3 is 0 Å². The minimum Gasteiger partial charge on any atom is -0.334 e. The number of benzene rings is 8. The Kier molecular flexibility index (Phi) is 12.3. The van der Waals surface area contributed by atoms with E-state index in [1.54, 1.807) is 0 Å². The van der Waals surface area contributed by atoms with E-state index in [0.717, 1.165) is 19.3 Å². The lowest BCUT2D eigenvalue weighted by atomic mass is 9.33. The van der Waals surface area contributed by atoms with Gasteiger partial charge in [-0.05, 0) is 195 Å². The molecule has 0 amide bonds. The van der Waals surface area contributed by atoms with Crippen LogP contribution in [-0.4, -0.2) is 17.8 Å². The molecular formula is C80H91BN4. The van der Waals surface area contributed by atoms with Crippen LogP contribution >= 0.6 is 0 Å². The average molecular weight is 1120 g/mol. The Labute approximate surface area is 510 Å². The van der Waals surface area contributed by atoms with E-state index in [1.165, 1.54) is 150 Å². The van der Waals surface area contributed by atoms with Gasteiger partial charge in [-0.2, -0.15) is 0 Å². The number of hydrogen-bond donors (Lipinski definition) is 0. The van der Waals surface area contributed by atoms with Crippen LogP contribution < -0.4 is 36.0 Å². The summed E-state index contributed by atoms with van der Waals surface area (Å²) < 4.78 is 0. The molecule has 85 heavy (non-hydrogen) atoms. The molecule has 434 valence electrons. The van der Waals surface area contributed by atoms with Crippen LogP contribution in [0.2, 0.25) is 0 Å². The van der Waals surface area contributed by atoms with E-state index in [9.17, 15) is 0 Å². The first-order chi connectivity index (χ1) is 40.1. The SMILES string of the molecule is CC(C)(C)c1ccc(N2c3cc(N4c5ccc(C(C)(C)C)cc5C5(C)CCCCC45C)ccc3B3c4ccc(C(C)(C)C)cc4N(c4cccc(C(C)(C)C)c4)c4cc(N5c6ccc(-c7ccccc7)cc6C6(C)CCCCC56C)cc2c43)cc1. The standard InChI is InChI=1S/C80H91BN4/c1-73(2,3)54-30-34-58(35-31-54)82-69-49-60(84-67-40-33-56(75(7,8)9)47-63(67)78(14)42-21-22-43-79(78,84)15)36-38-65(69)81-64-37-32-57(76(10,11)12)48-68(64)83(59-28-24-27-55(46-59)74(4,5)6)71-51-61(50-70(82)72(71)81)85-66-39-29-53(52-25-18-17-19-26-52)45-62(66)77(13)41-20-23-44-80(77,85)16/h17-19,24-40,45-51H,20-23,41-44H2,1-16H3. The Morgan fingerprint density at radius 2 is 0.788 bits per heavy atom. The van der Waals surface area contributed by atoms with Gasteiger partial charge in [0.05, 0.1) is 11.1 Å². The molecule has 0 spiro atoms. The van der Waals surface area contributed by atoms with E-state index < -0.39 is 0 Å². The van der Waals surface area contributed by atoms with Crippen molar-refractivity contribution in [2.45, 2.75) is 206 Å². The van der Waals surface area contributed by atoms with E-state index in [-0.39, 0.29) is 50.3 Å². The van der Waals surface area contributed by atoms with Crippen molar-refractivity contribution in [2.24, 2.45) is 0 Å². The highest BCUT2D eigenvalue weighted by Gasteiger charge is 2.60. The zero-order valence-electron chi connectivity index (χ0n) is 54.1. The van der Waals surface area contributed by atoms with Crippen molar-refractivity contribution in [1.82, 2.24) is 0 Å². The summed E-state index contributed by atoms with van der Waals surface area (Å²) in [5.74, 6) is 0. The molecule has 2 saturated carbocycles. The third-order valence-corrected chi connectivity index (χ3v) is 22.6. The molecule has 14 rings (SSSR count). The van der Waals surface area contributed by atoms with Crippen LogP contribution in [0.15, 0.2) is 164 Å². The first-order valence-electron chi connectivity index (χ1n) is 32.4. The van der Waals surface area contributed by atoms with Crippen molar-refractivity contribution < 1.29 is 0 Å². The van der Waals surface area contributed by atoms with E-state index in [1.807, 2.05) is 0 Å². The van der Waals surface area contributed by atoms with Gasteiger partial charge in [0, 0.05) is 67.7 Å². The molecule has 0 saturated heterocycles. The highest BCUT2D eigenvalue weighted by Crippen LogP contribution is 2.64. The van der Waals surface area contributed by atoms with Crippen LogP contribution in [0.1, 0.15) is 196 Å². The Hall–Kier alpha value is -6.98. The molecule has 8 aromatic rings. The van der Waals surface area contributed by atoms with Crippen LogP contribution in [0, 0.1) is 0 Å². The number of hydrogen-bond acceptors (Lipinski definition) is 4. The van der Waals surface area contributed by atoms with Crippen molar-refractivity contribution in [2.75, 3.05) is 19.6 Å². The lowest BCUT2D eigenvalue weighted by Gasteiger charge is -2.51. The molecule has 4 aliphatic heterocycles. The van der Waals surface area contributed by atoms with Crippen molar-refractivity contribution in [3.63, 3.8) is 0 Å². The second-order valence-electron chi connectivity index (χ2n) is 31.7. The summed E-state index contributed by atoms with van der Waals surface area (Å²) in [6.45, 7) is 38.7. The highest BCUT2D eigenvalue weighted by molar-refractivity contribution is 7.00. The Morgan fingerprint density at radius 1 is 0.329 bits per heavy atom. The molecule has 4 unspecified atom stereocenters. The molecule has 4 atom stereocenters. The molecule has 0 aromatic heterocycles. The zero-order chi connectivity index (χ0) is 59.8. The first kappa shape index (κ1) is 55.9. The molecule has 8 aromatic carbocycles. The maximum absolute atomic E-state index is 2.84. The summed E-state index contributed by atoms with van der Waals surface area (Å²) in [7, 11) is 0. The molecule has 5 heteroatoms. The maximum Gasteiger partial charge on any atom is 0.252 e. The Morgan fingerprint density at radius 3 is 1.39 bits per heavy atom. The Balaban J connectivity index is 1.09. The first-order valence-corrected chi connectivity index (χ1v) is 32.4. The third kappa shape index (κ3) is 8.27. The topological polar surface area (TPSA) is 13.0 Å². The number of nitrogens with zero attached hydrogens (tertiary/aromatic N) is 4. The summed E-state index contributed by atoms with van der Waals surface area (Å²) in [5.41, 5.74) is 27.3. The normalized spacial score (nSPS) is 23.2. The predicted octanol–water partition coefficient (Wildman–Crippen LogP) is 20.1. The molecule has 0 radical (unpaired) electrons. The van der Waals surface area contributed by atoms with Crippen molar-refractivity contribution in [1.29, 1.82) is 0 Å². The van der Waals surface area contributed by atoms with Crippen LogP contribution in [0.4, 0.5) is 56.9 Å². The van der Waals surface area contributed by atoms with Gasteiger partial charge in [0.1, 0.15) is 0 Å². The molecular weight excluding hydrogens is 1030 g/mol. The fourth-order valence-corrected chi connectivity index (χ4v) is 17.0. The summed E-state index contributed by atoms with van der Waals surface area (Å²) in [5, 5.41) is 0. The van der Waals surface area contributed by atoms with Crippen LogP contribution in [0.5, 0.6) is 0 Å². The fraction of sp³-hybridized carbons (Fsp3) is 0.400. The fourth-order valence-electron chi connectivity index (χ4n) is 17.0. The summed E-state index contributed by atoms with van der Waals surface area (Å²) in [4.78, 5) is 11.1. The van der Waals surface area contributed by atoms with Crippen molar-refractivity contribution >= 4 is 80.0 Å². The molecule has 6 aliphatic rings. The third-order valence-electron chi connectivity index (χ3n) is 22.6. The number of rotatable bonds is 5. The van der Waals surface area contributed by atoms with Gasteiger partial charge in [0.25, 0.3) is 6.71 Å². The molecule has 0 bridgehead atoms. The quantitative estimate of drug-likeness (QED) is 0.159. The van der Waals surface area contributed by atoms with Crippen LogP contribution in [-0.2, 0) is 32.5 Å². The largest absolute Gasteiger partial charge is 0.334 e. The Bertz CT molecular complexity index is 4000. The minimum absolute atomic E-state index is 0.00288. The number of fused-ring (bicyclic) bond motifs is 10. The maximum atomic E-state index is 2.84. The molecule has 2 fully saturated rings. The predicted molar refractivity (Wildman–Crippen MR) is 366 cm³/mol. The molecule has 4 nitrogen and oxygen atoms in total. The zero-order valence-corrected chi connectivity index (χ0v) is 54.1. The van der Waals surface area contributed by atoms with E-state index in [4.69, 9.17) is 0 Å². The van der Waals surface area contributed by atoms with Gasteiger partial charge in [0.15, 0.2) is 0 Å². The van der Waals surface area contributed by atoms with Gasteiger partial charge in [-0.3, -0.25) is 0 Å². The van der Waals surface area contributed by atoms with E-state index in [0.29, 0.717) is 0 Å². The molecule has 2 aliphatic carbocycles. The lowest BCUT2D eigenvalue weighted by molar-refractivity contribution is 0.195. The highest BCUT2D eigenvalue weighted by atomic mass is 15.3. The molecule has 4 heterocycles. The lowest BCUT2D eigenvalue weighted by Crippen LogP contribution is -2.61. The minimum atomic E-state index is -0.191.